The molecule has 0 N–H and O–H groups in total. The lowest BCUT2D eigenvalue weighted by molar-refractivity contribution is 0.670. The summed E-state index contributed by atoms with van der Waals surface area (Å²) in [6.45, 7) is 2.18. The average molecular weight is 270 g/mol. The maximum Gasteiger partial charge on any atom is 0.154 e. The summed E-state index contributed by atoms with van der Waals surface area (Å²) in [4.78, 5) is 0. The second-order valence-electron chi connectivity index (χ2n) is 5.33. The monoisotopic (exact) mass is 270 g/mol. The zero-order valence-corrected chi connectivity index (χ0v) is 12.0. The first-order valence-electron chi connectivity index (χ1n) is 7.36. The third-order valence-corrected chi connectivity index (χ3v) is 4.05. The van der Waals surface area contributed by atoms with Crippen LogP contribution in [0.2, 0.25) is 6.82 Å². The highest BCUT2D eigenvalue weighted by atomic mass is 16.3. The molecule has 4 aromatic rings. The summed E-state index contributed by atoms with van der Waals surface area (Å²) in [5.41, 5.74) is 5.66. The van der Waals surface area contributed by atoms with Gasteiger partial charge >= 0.3 is 0 Å². The first kappa shape index (κ1) is 12.3. The van der Waals surface area contributed by atoms with E-state index in [1.54, 1.807) is 0 Å². The number of para-hydroxylation sites is 2. The smallest absolute Gasteiger partial charge is 0.154 e. The van der Waals surface area contributed by atoms with Crippen molar-refractivity contribution in [1.82, 2.24) is 0 Å². The summed E-state index contributed by atoms with van der Waals surface area (Å²) in [5.74, 6) is 0. The molecule has 0 saturated carbocycles. The summed E-state index contributed by atoms with van der Waals surface area (Å²) in [6.07, 6.45) is 0. The molecule has 4 rings (SSSR count). The van der Waals surface area contributed by atoms with Crippen LogP contribution in [0.25, 0.3) is 33.1 Å². The van der Waals surface area contributed by atoms with Crippen LogP contribution in [-0.4, -0.2) is 7.28 Å². The highest BCUT2D eigenvalue weighted by molar-refractivity contribution is 6.52. The summed E-state index contributed by atoms with van der Waals surface area (Å²) >= 11 is 0. The van der Waals surface area contributed by atoms with Crippen LogP contribution >= 0.6 is 0 Å². The van der Waals surface area contributed by atoms with E-state index in [-0.39, 0.29) is 0 Å². The Balaban J connectivity index is 2.04. The van der Waals surface area contributed by atoms with Crippen molar-refractivity contribution < 1.29 is 4.42 Å². The van der Waals surface area contributed by atoms with E-state index in [4.69, 9.17) is 4.42 Å². The van der Waals surface area contributed by atoms with Gasteiger partial charge in [-0.2, -0.15) is 0 Å². The van der Waals surface area contributed by atoms with E-state index in [0.29, 0.717) is 0 Å². The molecular weight excluding hydrogens is 255 g/mol. The van der Waals surface area contributed by atoms with Crippen LogP contribution in [0.15, 0.2) is 71.1 Å². The van der Waals surface area contributed by atoms with Crippen LogP contribution in [0.4, 0.5) is 0 Å². The zero-order chi connectivity index (χ0) is 14.2. The number of hydrogen-bond acceptors (Lipinski definition) is 1. The Bertz CT molecular complexity index is 937. The van der Waals surface area contributed by atoms with Gasteiger partial charge in [-0.1, -0.05) is 72.9 Å². The number of fused-ring (bicyclic) bond motifs is 3. The van der Waals surface area contributed by atoms with E-state index in [2.05, 4.69) is 61.4 Å². The standard InChI is InChI=1S/C19H15BO/c1-20-14-7-4-6-13(12-14)15-9-5-10-17-16-8-2-3-11-18(16)21-19(15)17/h2-12,20H,1H3. The fourth-order valence-electron chi connectivity index (χ4n) is 2.93. The number of benzene rings is 3. The van der Waals surface area contributed by atoms with Crippen molar-refractivity contribution in [2.45, 2.75) is 6.82 Å². The minimum atomic E-state index is 0.951. The van der Waals surface area contributed by atoms with Gasteiger partial charge in [-0.3, -0.25) is 0 Å². The minimum Gasteiger partial charge on any atom is -0.455 e. The summed E-state index contributed by atoms with van der Waals surface area (Å²) in [5, 5.41) is 2.37. The highest BCUT2D eigenvalue weighted by Gasteiger charge is 2.11. The topological polar surface area (TPSA) is 13.1 Å². The van der Waals surface area contributed by atoms with Crippen molar-refractivity contribution in [1.29, 1.82) is 0 Å². The van der Waals surface area contributed by atoms with Crippen molar-refractivity contribution in [2.24, 2.45) is 0 Å². The van der Waals surface area contributed by atoms with Gasteiger partial charge in [-0.25, -0.2) is 0 Å². The van der Waals surface area contributed by atoms with Gasteiger partial charge in [-0.15, -0.1) is 0 Å². The highest BCUT2D eigenvalue weighted by Crippen LogP contribution is 2.35. The molecule has 0 aliphatic heterocycles. The molecule has 0 saturated heterocycles. The predicted molar refractivity (Wildman–Crippen MR) is 91.8 cm³/mol. The van der Waals surface area contributed by atoms with E-state index >= 15 is 0 Å². The molecule has 2 heteroatoms. The van der Waals surface area contributed by atoms with Crippen LogP contribution in [0.5, 0.6) is 0 Å². The van der Waals surface area contributed by atoms with E-state index in [0.717, 1.165) is 18.4 Å². The predicted octanol–water partition coefficient (Wildman–Crippen LogP) is 4.36. The molecule has 1 nitrogen and oxygen atoms in total. The second-order valence-corrected chi connectivity index (χ2v) is 5.33. The van der Waals surface area contributed by atoms with E-state index in [9.17, 15) is 0 Å². The van der Waals surface area contributed by atoms with E-state index < -0.39 is 0 Å². The maximum absolute atomic E-state index is 6.11. The molecular formula is C19H15BO. The summed E-state index contributed by atoms with van der Waals surface area (Å²) < 4.78 is 6.11. The van der Waals surface area contributed by atoms with Crippen molar-refractivity contribution in [3.63, 3.8) is 0 Å². The van der Waals surface area contributed by atoms with Crippen molar-refractivity contribution in [3.05, 3.63) is 66.7 Å². The molecule has 0 unspecified atom stereocenters. The first-order valence-corrected chi connectivity index (χ1v) is 7.36. The minimum absolute atomic E-state index is 0.951. The average Bonchev–Trinajstić information content (AvgIpc) is 2.93. The van der Waals surface area contributed by atoms with Gasteiger partial charge in [0.05, 0.1) is 0 Å². The number of hydrogen-bond donors (Lipinski definition) is 0. The Kier molecular flexibility index (Phi) is 2.82. The first-order chi connectivity index (χ1) is 10.4. The van der Waals surface area contributed by atoms with E-state index in [1.807, 2.05) is 12.1 Å². The van der Waals surface area contributed by atoms with Crippen molar-refractivity contribution >= 4 is 34.7 Å². The molecule has 0 amide bonds. The van der Waals surface area contributed by atoms with Gasteiger partial charge in [0.15, 0.2) is 7.28 Å². The molecule has 3 aromatic carbocycles. The van der Waals surface area contributed by atoms with Gasteiger partial charge in [0.25, 0.3) is 0 Å². The van der Waals surface area contributed by atoms with Gasteiger partial charge < -0.3 is 4.42 Å². The quantitative estimate of drug-likeness (QED) is 0.493. The van der Waals surface area contributed by atoms with E-state index in [1.165, 1.54) is 27.4 Å². The fourth-order valence-corrected chi connectivity index (χ4v) is 2.93. The van der Waals surface area contributed by atoms with Crippen molar-refractivity contribution in [3.8, 4) is 11.1 Å². The number of furan rings is 1. The molecule has 1 heterocycles. The largest absolute Gasteiger partial charge is 0.455 e. The third-order valence-electron chi connectivity index (χ3n) is 4.05. The number of rotatable bonds is 2. The lowest BCUT2D eigenvalue weighted by atomic mass is 9.73. The Hall–Kier alpha value is -2.48. The van der Waals surface area contributed by atoms with Crippen LogP contribution in [0.1, 0.15) is 0 Å². The van der Waals surface area contributed by atoms with Crippen LogP contribution in [-0.2, 0) is 0 Å². The molecule has 0 atom stereocenters. The van der Waals surface area contributed by atoms with Crippen LogP contribution in [0, 0.1) is 0 Å². The zero-order valence-electron chi connectivity index (χ0n) is 12.0. The van der Waals surface area contributed by atoms with Gasteiger partial charge in [0.2, 0.25) is 0 Å². The SMILES string of the molecule is CBc1cccc(-c2cccc3c2oc2ccccc23)c1. The van der Waals surface area contributed by atoms with Crippen LogP contribution in [0.3, 0.4) is 0 Å². The summed E-state index contributed by atoms with van der Waals surface area (Å²) in [7, 11) is 1.05. The molecule has 100 valence electrons. The second kappa shape index (κ2) is 4.82. The van der Waals surface area contributed by atoms with Gasteiger partial charge in [0, 0.05) is 16.3 Å². The Morgan fingerprint density at radius 2 is 1.62 bits per heavy atom. The Morgan fingerprint density at radius 1 is 0.810 bits per heavy atom. The molecule has 0 bridgehead atoms. The lowest BCUT2D eigenvalue weighted by Crippen LogP contribution is -2.09. The van der Waals surface area contributed by atoms with Crippen LogP contribution < -0.4 is 5.46 Å². The van der Waals surface area contributed by atoms with Gasteiger partial charge in [-0.05, 0) is 11.6 Å². The molecule has 0 aliphatic rings. The third kappa shape index (κ3) is 1.95. The summed E-state index contributed by atoms with van der Waals surface area (Å²) in [6, 6.07) is 23.3. The normalized spacial score (nSPS) is 11.1. The van der Waals surface area contributed by atoms with Gasteiger partial charge in [0.1, 0.15) is 11.2 Å². The molecule has 0 fully saturated rings. The lowest BCUT2D eigenvalue weighted by Gasteiger charge is -2.04. The Labute approximate surface area is 124 Å². The Morgan fingerprint density at radius 3 is 2.52 bits per heavy atom. The maximum atomic E-state index is 6.11. The van der Waals surface area contributed by atoms with Crippen molar-refractivity contribution in [2.75, 3.05) is 0 Å². The molecule has 0 aliphatic carbocycles. The molecule has 0 radical (unpaired) electrons. The fraction of sp³-hybridized carbons (Fsp3) is 0.0526. The molecule has 1 aromatic heterocycles. The molecule has 21 heavy (non-hydrogen) atoms. The molecule has 0 spiro atoms.